The van der Waals surface area contributed by atoms with Crippen molar-refractivity contribution in [2.75, 3.05) is 39.4 Å². The number of halogens is 1. The molecule has 0 bridgehead atoms. The Kier molecular flexibility index (Phi) is 9.66. The lowest BCUT2D eigenvalue weighted by Crippen LogP contribution is -2.60. The Balaban J connectivity index is 0.00000243. The van der Waals surface area contributed by atoms with Gasteiger partial charge in [0.1, 0.15) is 0 Å². The third-order valence-corrected chi connectivity index (χ3v) is 6.23. The molecule has 1 aliphatic carbocycles. The monoisotopic (exact) mass is 492 g/mol. The molecular weight excluding hydrogens is 459 g/mol. The summed E-state index contributed by atoms with van der Waals surface area (Å²) in [6, 6.07) is 4.24. The molecule has 0 amide bonds. The fourth-order valence-electron chi connectivity index (χ4n) is 4.00. The van der Waals surface area contributed by atoms with Gasteiger partial charge in [0.25, 0.3) is 0 Å². The van der Waals surface area contributed by atoms with Gasteiger partial charge in [-0.2, -0.15) is 0 Å². The molecule has 2 heterocycles. The molecule has 1 saturated carbocycles. The van der Waals surface area contributed by atoms with Gasteiger partial charge in [-0.3, -0.25) is 4.90 Å². The van der Waals surface area contributed by atoms with Gasteiger partial charge in [0.15, 0.2) is 5.96 Å². The predicted molar refractivity (Wildman–Crippen MR) is 121 cm³/mol. The second-order valence-corrected chi connectivity index (χ2v) is 8.04. The zero-order chi connectivity index (χ0) is 17.4. The van der Waals surface area contributed by atoms with Crippen molar-refractivity contribution in [3.8, 4) is 0 Å². The van der Waals surface area contributed by atoms with Gasteiger partial charge >= 0.3 is 0 Å². The summed E-state index contributed by atoms with van der Waals surface area (Å²) in [7, 11) is 0. The van der Waals surface area contributed by atoms with Gasteiger partial charge < -0.3 is 15.4 Å². The number of ether oxygens (including phenoxy) is 1. The van der Waals surface area contributed by atoms with E-state index >= 15 is 0 Å². The molecule has 26 heavy (non-hydrogen) atoms. The second kappa shape index (κ2) is 11.5. The van der Waals surface area contributed by atoms with E-state index in [-0.39, 0.29) is 29.5 Å². The van der Waals surface area contributed by atoms with Crippen molar-refractivity contribution in [2.45, 2.75) is 51.1 Å². The number of nitrogens with zero attached hydrogens (tertiary/aromatic N) is 2. The normalized spacial score (nSPS) is 21.0. The Morgan fingerprint density at radius 3 is 2.65 bits per heavy atom. The first-order chi connectivity index (χ1) is 12.3. The highest BCUT2D eigenvalue weighted by Crippen LogP contribution is 2.33. The smallest absolute Gasteiger partial charge is 0.191 e. The van der Waals surface area contributed by atoms with Crippen molar-refractivity contribution < 1.29 is 4.74 Å². The molecule has 2 fully saturated rings. The average molecular weight is 492 g/mol. The summed E-state index contributed by atoms with van der Waals surface area (Å²) in [5, 5.41) is 9.17. The molecule has 5 nitrogen and oxygen atoms in total. The average Bonchev–Trinajstić information content (AvgIpc) is 3.19. The van der Waals surface area contributed by atoms with Crippen molar-refractivity contribution in [1.82, 2.24) is 15.5 Å². The van der Waals surface area contributed by atoms with Crippen molar-refractivity contribution >= 4 is 41.3 Å². The van der Waals surface area contributed by atoms with E-state index in [0.717, 1.165) is 51.9 Å². The van der Waals surface area contributed by atoms with Gasteiger partial charge in [-0.25, -0.2) is 4.99 Å². The highest BCUT2D eigenvalue weighted by molar-refractivity contribution is 14.0. The second-order valence-electron chi connectivity index (χ2n) is 7.01. The van der Waals surface area contributed by atoms with Crippen LogP contribution in [0.5, 0.6) is 0 Å². The van der Waals surface area contributed by atoms with Crippen LogP contribution in [0, 0.1) is 0 Å². The van der Waals surface area contributed by atoms with Crippen LogP contribution >= 0.6 is 35.3 Å². The summed E-state index contributed by atoms with van der Waals surface area (Å²) in [6.07, 6.45) is 6.61. The molecule has 1 aromatic heterocycles. The first-order valence-corrected chi connectivity index (χ1v) is 10.6. The third kappa shape index (κ3) is 6.07. The maximum atomic E-state index is 5.58. The lowest BCUT2D eigenvalue weighted by Gasteiger charge is -2.48. The van der Waals surface area contributed by atoms with Gasteiger partial charge in [0, 0.05) is 36.6 Å². The molecule has 2 aliphatic rings. The van der Waals surface area contributed by atoms with Crippen LogP contribution in [-0.4, -0.2) is 55.8 Å². The van der Waals surface area contributed by atoms with E-state index in [1.54, 1.807) is 11.3 Å². The van der Waals surface area contributed by atoms with E-state index in [4.69, 9.17) is 9.73 Å². The van der Waals surface area contributed by atoms with E-state index in [2.05, 4.69) is 40.0 Å². The Morgan fingerprint density at radius 2 is 2.00 bits per heavy atom. The summed E-state index contributed by atoms with van der Waals surface area (Å²) in [4.78, 5) is 8.75. The van der Waals surface area contributed by atoms with Crippen LogP contribution in [0.15, 0.2) is 22.5 Å². The maximum Gasteiger partial charge on any atom is 0.191 e. The molecular formula is C19H33IN4OS. The van der Waals surface area contributed by atoms with Gasteiger partial charge in [-0.05, 0) is 31.2 Å². The van der Waals surface area contributed by atoms with Crippen LogP contribution in [0.4, 0.5) is 0 Å². The number of thiophene rings is 1. The summed E-state index contributed by atoms with van der Waals surface area (Å²) in [5.41, 5.74) is 0.265. The molecule has 2 N–H and O–H groups in total. The van der Waals surface area contributed by atoms with E-state index in [9.17, 15) is 0 Å². The number of nitrogens with one attached hydrogen (secondary N) is 2. The maximum absolute atomic E-state index is 5.58. The third-order valence-electron chi connectivity index (χ3n) is 5.37. The number of hydrogen-bond donors (Lipinski definition) is 2. The Bertz CT molecular complexity index is 526. The molecule has 1 aromatic rings. The zero-order valence-corrected chi connectivity index (χ0v) is 19.0. The Hall–Kier alpha value is -0.380. The van der Waals surface area contributed by atoms with Crippen LogP contribution in [0.1, 0.15) is 43.9 Å². The van der Waals surface area contributed by atoms with Crippen molar-refractivity contribution in [3.05, 3.63) is 22.4 Å². The SMILES string of the molecule is CCNC(=NCc1cccs1)NCC1(N2CCOCC2)CCCCC1.I. The lowest BCUT2D eigenvalue weighted by atomic mass is 9.80. The van der Waals surface area contributed by atoms with E-state index < -0.39 is 0 Å². The predicted octanol–water partition coefficient (Wildman–Crippen LogP) is 3.46. The molecule has 1 aliphatic heterocycles. The lowest BCUT2D eigenvalue weighted by molar-refractivity contribution is -0.0352. The summed E-state index contributed by atoms with van der Waals surface area (Å²) >= 11 is 1.77. The summed E-state index contributed by atoms with van der Waals surface area (Å²) < 4.78 is 5.58. The molecule has 0 radical (unpaired) electrons. The van der Waals surface area contributed by atoms with E-state index in [1.165, 1.54) is 37.0 Å². The van der Waals surface area contributed by atoms with Gasteiger partial charge in [-0.1, -0.05) is 25.3 Å². The number of aliphatic imine (C=N–C) groups is 1. The standard InChI is InChI=1S/C19H32N4OS.HI/c1-2-20-18(21-15-17-7-6-14-25-17)22-16-19(8-4-3-5-9-19)23-10-12-24-13-11-23;/h6-7,14H,2-5,8-13,15-16H2,1H3,(H2,20,21,22);1H. The van der Waals surface area contributed by atoms with Crippen molar-refractivity contribution in [3.63, 3.8) is 0 Å². The topological polar surface area (TPSA) is 48.9 Å². The molecule has 1 saturated heterocycles. The molecule has 3 rings (SSSR count). The number of morpholine rings is 1. The molecule has 0 aromatic carbocycles. The minimum absolute atomic E-state index is 0. The van der Waals surface area contributed by atoms with Crippen LogP contribution < -0.4 is 10.6 Å². The minimum atomic E-state index is 0. The van der Waals surface area contributed by atoms with E-state index in [1.807, 2.05) is 0 Å². The first-order valence-electron chi connectivity index (χ1n) is 9.70. The molecule has 0 unspecified atom stereocenters. The Morgan fingerprint density at radius 1 is 1.23 bits per heavy atom. The van der Waals surface area contributed by atoms with Crippen molar-refractivity contribution in [1.29, 1.82) is 0 Å². The molecule has 7 heteroatoms. The molecule has 0 spiro atoms. The van der Waals surface area contributed by atoms with Gasteiger partial charge in [0.2, 0.25) is 0 Å². The van der Waals surface area contributed by atoms with Crippen LogP contribution in [0.25, 0.3) is 0 Å². The number of hydrogen-bond acceptors (Lipinski definition) is 4. The Labute approximate surface area is 179 Å². The van der Waals surface area contributed by atoms with E-state index in [0.29, 0.717) is 0 Å². The quantitative estimate of drug-likeness (QED) is 0.363. The highest BCUT2D eigenvalue weighted by Gasteiger charge is 2.38. The summed E-state index contributed by atoms with van der Waals surface area (Å²) in [6.45, 7) is 8.60. The zero-order valence-electron chi connectivity index (χ0n) is 15.8. The van der Waals surface area contributed by atoms with Crippen LogP contribution in [0.2, 0.25) is 0 Å². The van der Waals surface area contributed by atoms with Crippen molar-refractivity contribution in [2.24, 2.45) is 4.99 Å². The molecule has 0 atom stereocenters. The number of rotatable bonds is 6. The largest absolute Gasteiger partial charge is 0.379 e. The fraction of sp³-hybridized carbons (Fsp3) is 0.737. The molecule has 148 valence electrons. The van der Waals surface area contributed by atoms with Crippen LogP contribution in [0.3, 0.4) is 0 Å². The van der Waals surface area contributed by atoms with Gasteiger partial charge in [0.05, 0.1) is 19.8 Å². The van der Waals surface area contributed by atoms with Crippen LogP contribution in [-0.2, 0) is 11.3 Å². The highest BCUT2D eigenvalue weighted by atomic mass is 127. The van der Waals surface area contributed by atoms with Gasteiger partial charge in [-0.15, -0.1) is 35.3 Å². The summed E-state index contributed by atoms with van der Waals surface area (Å²) in [5.74, 6) is 0.939. The first kappa shape index (κ1) is 21.9. The number of guanidine groups is 1. The fourth-order valence-corrected chi connectivity index (χ4v) is 4.63. The minimum Gasteiger partial charge on any atom is -0.379 e.